The second-order valence-corrected chi connectivity index (χ2v) is 7.30. The number of ether oxygens (including phenoxy) is 2. The number of nitrogens with two attached hydrogens (primary N) is 1. The van der Waals surface area contributed by atoms with Gasteiger partial charge in [0, 0.05) is 29.2 Å². The number of carbonyl (C=O) groups excluding carboxylic acids is 1. The Bertz CT molecular complexity index is 1240. The van der Waals surface area contributed by atoms with E-state index >= 15 is 0 Å². The van der Waals surface area contributed by atoms with E-state index in [1.807, 2.05) is 61.5 Å². The van der Waals surface area contributed by atoms with Crippen LogP contribution in [0.3, 0.4) is 0 Å². The van der Waals surface area contributed by atoms with E-state index in [2.05, 4.69) is 16.8 Å². The van der Waals surface area contributed by atoms with E-state index in [4.69, 9.17) is 15.2 Å². The van der Waals surface area contributed by atoms with Gasteiger partial charge in [-0.15, -0.1) is 0 Å². The van der Waals surface area contributed by atoms with Crippen LogP contribution in [-0.2, 0) is 6.54 Å². The number of amides is 1. The number of nitrogens with one attached hydrogen (secondary N) is 1. The lowest BCUT2D eigenvalue weighted by atomic mass is 10.1. The number of anilines is 2. The predicted octanol–water partition coefficient (Wildman–Crippen LogP) is 5.84. The smallest absolute Gasteiger partial charge is 0.417 e. The van der Waals surface area contributed by atoms with Crippen LogP contribution in [0.15, 0.2) is 66.7 Å². The lowest BCUT2D eigenvalue weighted by molar-refractivity contribution is 0.215. The molecule has 3 N–H and O–H groups in total. The summed E-state index contributed by atoms with van der Waals surface area (Å²) in [5.41, 5.74) is 11.8. The van der Waals surface area contributed by atoms with Crippen molar-refractivity contribution in [3.8, 4) is 22.8 Å². The van der Waals surface area contributed by atoms with Crippen molar-refractivity contribution < 1.29 is 14.3 Å². The van der Waals surface area contributed by atoms with Crippen LogP contribution in [0.1, 0.15) is 12.5 Å². The van der Waals surface area contributed by atoms with Gasteiger partial charge in [-0.25, -0.2) is 4.79 Å². The molecule has 0 saturated carbocycles. The summed E-state index contributed by atoms with van der Waals surface area (Å²) in [6.07, 6.45) is -0.547. The van der Waals surface area contributed by atoms with Gasteiger partial charge in [0.25, 0.3) is 0 Å². The fourth-order valence-electron chi connectivity index (χ4n) is 3.72. The van der Waals surface area contributed by atoms with E-state index in [0.29, 0.717) is 17.1 Å². The van der Waals surface area contributed by atoms with Crippen LogP contribution in [-0.4, -0.2) is 17.8 Å². The average molecular weight is 415 g/mol. The van der Waals surface area contributed by atoms with E-state index in [1.165, 1.54) is 0 Å². The van der Waals surface area contributed by atoms with Crippen molar-refractivity contribution in [3.63, 3.8) is 0 Å². The monoisotopic (exact) mass is 415 g/mol. The number of aryl methyl sites for hydroxylation is 2. The Labute approximate surface area is 181 Å². The van der Waals surface area contributed by atoms with Crippen LogP contribution in [0.25, 0.3) is 22.2 Å². The summed E-state index contributed by atoms with van der Waals surface area (Å²) in [5, 5.41) is 3.76. The van der Waals surface area contributed by atoms with Gasteiger partial charge in [-0.3, -0.25) is 5.32 Å². The molecule has 0 atom stereocenters. The minimum Gasteiger partial charge on any atom is -0.497 e. The van der Waals surface area contributed by atoms with Crippen molar-refractivity contribution in [1.29, 1.82) is 0 Å². The molecule has 0 saturated heterocycles. The maximum absolute atomic E-state index is 12.3. The Kier molecular flexibility index (Phi) is 5.54. The van der Waals surface area contributed by atoms with E-state index in [9.17, 15) is 4.79 Å². The molecule has 0 aliphatic rings. The van der Waals surface area contributed by atoms with Crippen molar-refractivity contribution in [3.05, 3.63) is 72.3 Å². The van der Waals surface area contributed by atoms with Crippen molar-refractivity contribution in [2.75, 3.05) is 18.2 Å². The van der Waals surface area contributed by atoms with Crippen molar-refractivity contribution in [2.45, 2.75) is 20.4 Å². The summed E-state index contributed by atoms with van der Waals surface area (Å²) in [5.74, 6) is 1.27. The fraction of sp³-hybridized carbons (Fsp3) is 0.160. The Balaban J connectivity index is 1.65. The highest BCUT2D eigenvalue weighted by Crippen LogP contribution is 2.38. The van der Waals surface area contributed by atoms with Crippen molar-refractivity contribution in [2.24, 2.45) is 0 Å². The highest BCUT2D eigenvalue weighted by Gasteiger charge is 2.17. The molecule has 0 radical (unpaired) electrons. The zero-order valence-electron chi connectivity index (χ0n) is 17.8. The first-order chi connectivity index (χ1) is 15.0. The molecule has 1 heterocycles. The van der Waals surface area contributed by atoms with Crippen LogP contribution in [0.2, 0.25) is 0 Å². The van der Waals surface area contributed by atoms with Gasteiger partial charge in [0.15, 0.2) is 0 Å². The largest absolute Gasteiger partial charge is 0.497 e. The van der Waals surface area contributed by atoms with Gasteiger partial charge in [-0.2, -0.15) is 0 Å². The third-order valence-electron chi connectivity index (χ3n) is 5.24. The molecule has 0 fully saturated rings. The molecular formula is C25H25N3O3. The van der Waals surface area contributed by atoms with Gasteiger partial charge in [-0.1, -0.05) is 29.8 Å². The van der Waals surface area contributed by atoms with Crippen LogP contribution < -0.4 is 20.5 Å². The van der Waals surface area contributed by atoms with Crippen LogP contribution >= 0.6 is 0 Å². The Morgan fingerprint density at radius 1 is 1.03 bits per heavy atom. The Morgan fingerprint density at radius 3 is 2.48 bits per heavy atom. The molecule has 4 aromatic rings. The molecule has 158 valence electrons. The molecule has 0 aliphatic carbocycles. The minimum atomic E-state index is -0.547. The quantitative estimate of drug-likeness (QED) is 0.429. The molecule has 0 spiro atoms. The standard InChI is InChI=1S/C25H25N3O3/c1-4-28-22-15-20(30-3)12-13-21(22)23(26)24(28)17-6-5-7-18(14-17)27-25(29)31-19-10-8-16(2)9-11-19/h5-15H,4,26H2,1-3H3,(H,27,29). The molecule has 3 aromatic carbocycles. The number of aromatic nitrogens is 1. The number of nitrogen functional groups attached to an aromatic ring is 1. The molecule has 6 heteroatoms. The van der Waals surface area contributed by atoms with E-state index in [1.54, 1.807) is 19.2 Å². The van der Waals surface area contributed by atoms with Gasteiger partial charge >= 0.3 is 6.09 Å². The van der Waals surface area contributed by atoms with Crippen LogP contribution in [0.4, 0.5) is 16.2 Å². The van der Waals surface area contributed by atoms with Gasteiger partial charge in [0.05, 0.1) is 24.0 Å². The summed E-state index contributed by atoms with van der Waals surface area (Å²) in [6.45, 7) is 4.79. The van der Waals surface area contributed by atoms with E-state index in [0.717, 1.165) is 40.0 Å². The van der Waals surface area contributed by atoms with Crippen LogP contribution in [0.5, 0.6) is 11.5 Å². The Morgan fingerprint density at radius 2 is 1.77 bits per heavy atom. The number of hydrogen-bond acceptors (Lipinski definition) is 4. The average Bonchev–Trinajstić information content (AvgIpc) is 3.06. The first kappa shape index (κ1) is 20.3. The van der Waals surface area contributed by atoms with Crippen molar-refractivity contribution in [1.82, 2.24) is 4.57 Å². The summed E-state index contributed by atoms with van der Waals surface area (Å²) < 4.78 is 12.9. The highest BCUT2D eigenvalue weighted by atomic mass is 16.6. The normalized spacial score (nSPS) is 10.8. The lowest BCUT2D eigenvalue weighted by Gasteiger charge is -2.12. The lowest BCUT2D eigenvalue weighted by Crippen LogP contribution is -2.16. The Hall–Kier alpha value is -3.93. The number of hydrogen-bond donors (Lipinski definition) is 2. The number of methoxy groups -OCH3 is 1. The SMILES string of the molecule is CCn1c(-c2cccc(NC(=O)Oc3ccc(C)cc3)c2)c(N)c2ccc(OC)cc21. The molecule has 0 bridgehead atoms. The predicted molar refractivity (Wildman–Crippen MR) is 125 cm³/mol. The van der Waals surface area contributed by atoms with Gasteiger partial charge in [0.1, 0.15) is 11.5 Å². The first-order valence-corrected chi connectivity index (χ1v) is 10.1. The summed E-state index contributed by atoms with van der Waals surface area (Å²) in [4.78, 5) is 12.3. The molecule has 0 aliphatic heterocycles. The second-order valence-electron chi connectivity index (χ2n) is 7.30. The zero-order chi connectivity index (χ0) is 22.0. The number of fused-ring (bicyclic) bond motifs is 1. The van der Waals surface area contributed by atoms with Gasteiger partial charge < -0.3 is 19.8 Å². The number of carbonyl (C=O) groups is 1. The van der Waals surface area contributed by atoms with E-state index in [-0.39, 0.29) is 0 Å². The molecule has 0 unspecified atom stereocenters. The molecule has 4 rings (SSSR count). The highest BCUT2D eigenvalue weighted by molar-refractivity contribution is 6.02. The third-order valence-corrected chi connectivity index (χ3v) is 5.24. The molecule has 1 amide bonds. The zero-order valence-corrected chi connectivity index (χ0v) is 17.8. The van der Waals surface area contributed by atoms with Crippen LogP contribution in [0, 0.1) is 6.92 Å². The molecular weight excluding hydrogens is 390 g/mol. The number of benzene rings is 3. The number of rotatable bonds is 5. The maximum atomic E-state index is 12.3. The van der Waals surface area contributed by atoms with E-state index < -0.39 is 6.09 Å². The molecule has 6 nitrogen and oxygen atoms in total. The second kappa shape index (κ2) is 8.44. The van der Waals surface area contributed by atoms with Crippen molar-refractivity contribution >= 4 is 28.4 Å². The summed E-state index contributed by atoms with van der Waals surface area (Å²) in [7, 11) is 1.65. The summed E-state index contributed by atoms with van der Waals surface area (Å²) >= 11 is 0. The topological polar surface area (TPSA) is 78.5 Å². The minimum absolute atomic E-state index is 0.489. The summed E-state index contributed by atoms with van der Waals surface area (Å²) in [6, 6.07) is 20.7. The third kappa shape index (κ3) is 4.05. The first-order valence-electron chi connectivity index (χ1n) is 10.1. The van der Waals surface area contributed by atoms with Gasteiger partial charge in [-0.05, 0) is 50.2 Å². The van der Waals surface area contributed by atoms with Gasteiger partial charge in [0.2, 0.25) is 0 Å². The number of nitrogens with zero attached hydrogens (tertiary/aromatic N) is 1. The molecule has 1 aromatic heterocycles. The fourth-order valence-corrected chi connectivity index (χ4v) is 3.72. The molecule has 31 heavy (non-hydrogen) atoms. The maximum Gasteiger partial charge on any atom is 0.417 e.